The third-order valence-electron chi connectivity index (χ3n) is 2.74. The minimum Gasteiger partial charge on any atom is -0.385 e. The molecule has 0 spiro atoms. The zero-order valence-electron chi connectivity index (χ0n) is 12.8. The molecule has 0 aromatic heterocycles. The number of hydrogen-bond donors (Lipinski definition) is 1. The smallest absolute Gasteiger partial charge is 0.271 e. The molecular formula is C16H14ClN5O2. The largest absolute Gasteiger partial charge is 0.385 e. The molecule has 2 rings (SSSR count). The van der Waals surface area contributed by atoms with E-state index >= 15 is 0 Å². The minimum absolute atomic E-state index is 0.0210. The Hall–Kier alpha value is -3.29. The number of nitrogens with zero attached hydrogens (tertiary/aromatic N) is 4. The van der Waals surface area contributed by atoms with E-state index in [1.807, 2.05) is 18.2 Å². The quantitative estimate of drug-likeness (QED) is 0.387. The first-order chi connectivity index (χ1) is 11.5. The molecule has 0 unspecified atom stereocenters. The van der Waals surface area contributed by atoms with Crippen molar-refractivity contribution in [2.24, 2.45) is 0 Å². The molecule has 24 heavy (non-hydrogen) atoms. The van der Waals surface area contributed by atoms with Crippen molar-refractivity contribution in [2.75, 3.05) is 16.8 Å². The van der Waals surface area contributed by atoms with Crippen molar-refractivity contribution in [3.8, 4) is 12.4 Å². The van der Waals surface area contributed by atoms with Crippen molar-refractivity contribution in [3.63, 3.8) is 0 Å². The second-order valence-electron chi connectivity index (χ2n) is 4.32. The minimum atomic E-state index is -0.612. The summed E-state index contributed by atoms with van der Waals surface area (Å²) in [5.41, 5.74) is 1.12. The Bertz CT molecular complexity index is 754. The van der Waals surface area contributed by atoms with Crippen LogP contribution in [0.15, 0.2) is 48.5 Å². The highest BCUT2D eigenvalue weighted by molar-refractivity contribution is 6.33. The topological polar surface area (TPSA) is 106 Å². The fourth-order valence-electron chi connectivity index (χ4n) is 1.68. The molecule has 2 aromatic carbocycles. The summed E-state index contributed by atoms with van der Waals surface area (Å²) in [6.45, 7) is 3.08. The Balaban J connectivity index is 0.000000272. The normalized spacial score (nSPS) is 8.83. The molecule has 0 aliphatic carbocycles. The lowest BCUT2D eigenvalue weighted by Gasteiger charge is -2.06. The predicted octanol–water partition coefficient (Wildman–Crippen LogP) is 4.14. The summed E-state index contributed by atoms with van der Waals surface area (Å²) in [6, 6.07) is 13.7. The van der Waals surface area contributed by atoms with Gasteiger partial charge in [0, 0.05) is 24.4 Å². The van der Waals surface area contributed by atoms with Crippen LogP contribution in [0.2, 0.25) is 5.02 Å². The second-order valence-corrected chi connectivity index (χ2v) is 4.73. The average molecular weight is 344 g/mol. The van der Waals surface area contributed by atoms with Crippen LogP contribution in [0, 0.1) is 33.0 Å². The third-order valence-corrected chi connectivity index (χ3v) is 3.04. The number of nitro benzene ring substituents is 1. The molecule has 2 aromatic rings. The van der Waals surface area contributed by atoms with Gasteiger partial charge in [-0.1, -0.05) is 29.8 Å². The molecule has 8 heteroatoms. The molecule has 122 valence electrons. The van der Waals surface area contributed by atoms with Crippen molar-refractivity contribution in [1.29, 1.82) is 10.5 Å². The van der Waals surface area contributed by atoms with Gasteiger partial charge in [0.15, 0.2) is 12.4 Å². The monoisotopic (exact) mass is 343 g/mol. The molecule has 0 saturated heterocycles. The zero-order chi connectivity index (χ0) is 17.9. The molecule has 0 radical (unpaired) electrons. The Morgan fingerprint density at radius 1 is 1.21 bits per heavy atom. The van der Waals surface area contributed by atoms with Gasteiger partial charge >= 0.3 is 0 Å². The summed E-state index contributed by atoms with van der Waals surface area (Å²) in [6.07, 6.45) is 3.15. The van der Waals surface area contributed by atoms with E-state index in [-0.39, 0.29) is 16.4 Å². The van der Waals surface area contributed by atoms with Crippen molar-refractivity contribution in [2.45, 2.75) is 6.92 Å². The van der Waals surface area contributed by atoms with Crippen LogP contribution in [0.4, 0.5) is 17.1 Å². The number of non-ortho nitro benzene ring substituents is 1. The van der Waals surface area contributed by atoms with Crippen LogP contribution in [-0.2, 0) is 0 Å². The molecular weight excluding hydrogens is 330 g/mol. The van der Waals surface area contributed by atoms with E-state index in [0.29, 0.717) is 4.90 Å². The van der Waals surface area contributed by atoms with Crippen LogP contribution in [-0.4, -0.2) is 11.5 Å². The molecule has 0 saturated carbocycles. The molecule has 0 bridgehead atoms. The summed E-state index contributed by atoms with van der Waals surface area (Å²) >= 11 is 5.68. The van der Waals surface area contributed by atoms with E-state index < -0.39 is 4.92 Å². The van der Waals surface area contributed by atoms with Crippen molar-refractivity contribution >= 4 is 28.7 Å². The predicted molar refractivity (Wildman–Crippen MR) is 92.4 cm³/mol. The van der Waals surface area contributed by atoms with Gasteiger partial charge in [-0.3, -0.25) is 10.1 Å². The van der Waals surface area contributed by atoms with E-state index in [1.165, 1.54) is 17.8 Å². The highest BCUT2D eigenvalue weighted by Gasteiger charge is 2.13. The van der Waals surface area contributed by atoms with Gasteiger partial charge in [-0.15, -0.1) is 0 Å². The summed E-state index contributed by atoms with van der Waals surface area (Å²) in [7, 11) is 0. The Morgan fingerprint density at radius 3 is 2.29 bits per heavy atom. The fraction of sp³-hybridized carbons (Fsp3) is 0.125. The highest BCUT2D eigenvalue weighted by Crippen LogP contribution is 2.28. The first-order valence-electron chi connectivity index (χ1n) is 6.86. The average Bonchev–Trinajstić information content (AvgIpc) is 2.59. The highest BCUT2D eigenvalue weighted by atomic mass is 35.5. The van der Waals surface area contributed by atoms with Gasteiger partial charge in [-0.2, -0.15) is 15.4 Å². The van der Waals surface area contributed by atoms with E-state index in [2.05, 4.69) is 24.4 Å². The number of halogens is 1. The maximum absolute atomic E-state index is 10.4. The lowest BCUT2D eigenvalue weighted by Crippen LogP contribution is -2.07. The molecule has 0 amide bonds. The first-order valence-corrected chi connectivity index (χ1v) is 7.23. The summed E-state index contributed by atoms with van der Waals surface area (Å²) in [4.78, 5) is 10.4. The molecule has 0 fully saturated rings. The summed E-state index contributed by atoms with van der Waals surface area (Å²) in [5.74, 6) is 0. The maximum Gasteiger partial charge on any atom is 0.271 e. The number of nitriles is 2. The van der Waals surface area contributed by atoms with Crippen LogP contribution in [0.25, 0.3) is 0 Å². The number of anilines is 2. The van der Waals surface area contributed by atoms with Gasteiger partial charge in [-0.25, -0.2) is 0 Å². The van der Waals surface area contributed by atoms with Gasteiger partial charge in [0.1, 0.15) is 0 Å². The number of para-hydroxylation sites is 1. The number of nitrogens with one attached hydrogen (secondary N) is 1. The lowest BCUT2D eigenvalue weighted by atomic mass is 10.2. The van der Waals surface area contributed by atoms with Gasteiger partial charge in [0.05, 0.1) is 15.6 Å². The standard InChI is InChI=1S/C8H3ClN4O2.C8H11N/c9-7-3-6(13(14)15)1-2-8(7)12(4-10)5-11;1-2-9-8-6-4-3-5-7-8/h1-3H;3-7,9H,2H2,1H3. The van der Waals surface area contributed by atoms with E-state index in [0.717, 1.165) is 12.6 Å². The molecule has 0 aliphatic heterocycles. The number of nitro groups is 1. The number of benzene rings is 2. The molecule has 1 N–H and O–H groups in total. The SMILES string of the molecule is CCNc1ccccc1.N#CN(C#N)c1ccc([N+](=O)[O-])cc1Cl. The van der Waals surface area contributed by atoms with Crippen molar-refractivity contribution in [1.82, 2.24) is 0 Å². The molecule has 0 heterocycles. The maximum atomic E-state index is 10.4. The molecule has 0 atom stereocenters. The summed E-state index contributed by atoms with van der Waals surface area (Å²) in [5, 5.41) is 30.6. The zero-order valence-corrected chi connectivity index (χ0v) is 13.6. The molecule has 7 nitrogen and oxygen atoms in total. The second kappa shape index (κ2) is 9.67. The van der Waals surface area contributed by atoms with Crippen LogP contribution in [0.3, 0.4) is 0 Å². The first kappa shape index (κ1) is 18.8. The Morgan fingerprint density at radius 2 is 1.83 bits per heavy atom. The van der Waals surface area contributed by atoms with Gasteiger partial charge in [0.2, 0.25) is 0 Å². The van der Waals surface area contributed by atoms with Crippen LogP contribution >= 0.6 is 11.6 Å². The lowest BCUT2D eigenvalue weighted by molar-refractivity contribution is -0.384. The van der Waals surface area contributed by atoms with Gasteiger partial charge in [0.25, 0.3) is 5.69 Å². The number of hydrogen-bond acceptors (Lipinski definition) is 6. The number of rotatable bonds is 4. The van der Waals surface area contributed by atoms with E-state index in [9.17, 15) is 10.1 Å². The van der Waals surface area contributed by atoms with Crippen LogP contribution in [0.1, 0.15) is 6.92 Å². The van der Waals surface area contributed by atoms with Crippen LogP contribution in [0.5, 0.6) is 0 Å². The van der Waals surface area contributed by atoms with Gasteiger partial charge in [-0.05, 0) is 25.1 Å². The van der Waals surface area contributed by atoms with Crippen molar-refractivity contribution in [3.05, 3.63) is 63.7 Å². The van der Waals surface area contributed by atoms with Crippen molar-refractivity contribution < 1.29 is 4.92 Å². The third kappa shape index (κ3) is 5.48. The summed E-state index contributed by atoms with van der Waals surface area (Å²) < 4.78 is 0. The van der Waals surface area contributed by atoms with Crippen LogP contribution < -0.4 is 10.2 Å². The fourth-order valence-corrected chi connectivity index (χ4v) is 1.94. The molecule has 0 aliphatic rings. The van der Waals surface area contributed by atoms with E-state index in [4.69, 9.17) is 22.1 Å². The Labute approximate surface area is 144 Å². The Kier molecular flexibility index (Phi) is 7.56. The van der Waals surface area contributed by atoms with Gasteiger partial charge < -0.3 is 5.32 Å². The van der Waals surface area contributed by atoms with E-state index in [1.54, 1.807) is 12.4 Å².